The Morgan fingerprint density at radius 2 is 2.41 bits per heavy atom. The average molecular weight is 234 g/mol. The van der Waals surface area contributed by atoms with Gasteiger partial charge >= 0.3 is 0 Å². The third kappa shape index (κ3) is 2.63. The van der Waals surface area contributed by atoms with Gasteiger partial charge in [-0.25, -0.2) is 4.39 Å². The van der Waals surface area contributed by atoms with E-state index in [0.717, 1.165) is 18.5 Å². The molecule has 1 heterocycles. The van der Waals surface area contributed by atoms with Crippen molar-refractivity contribution in [3.05, 3.63) is 35.1 Å². The summed E-state index contributed by atoms with van der Waals surface area (Å²) in [5, 5.41) is 11.9. The van der Waals surface area contributed by atoms with E-state index in [9.17, 15) is 4.39 Å². The molecule has 1 aromatic rings. The summed E-state index contributed by atoms with van der Waals surface area (Å²) in [5.41, 5.74) is 0.798. The van der Waals surface area contributed by atoms with Crippen LogP contribution in [-0.4, -0.2) is 13.2 Å². The van der Waals surface area contributed by atoms with Gasteiger partial charge in [-0.1, -0.05) is 13.0 Å². The topological polar surface area (TPSA) is 45.0 Å². The Bertz CT molecular complexity index is 434. The summed E-state index contributed by atoms with van der Waals surface area (Å²) in [4.78, 5) is 0. The SMILES string of the molecule is CCC1CNC(c2ccc(C#N)c(F)c2)OC1. The van der Waals surface area contributed by atoms with Gasteiger partial charge in [-0.2, -0.15) is 5.26 Å². The average Bonchev–Trinajstić information content (AvgIpc) is 2.39. The highest BCUT2D eigenvalue weighted by atomic mass is 19.1. The van der Waals surface area contributed by atoms with Crippen molar-refractivity contribution in [1.82, 2.24) is 5.32 Å². The van der Waals surface area contributed by atoms with Crippen LogP contribution in [0.25, 0.3) is 0 Å². The Balaban J connectivity index is 2.09. The summed E-state index contributed by atoms with van der Waals surface area (Å²) in [6.45, 7) is 3.69. The normalized spacial score (nSPS) is 24.3. The van der Waals surface area contributed by atoms with E-state index in [2.05, 4.69) is 12.2 Å². The zero-order valence-corrected chi connectivity index (χ0v) is 9.74. The van der Waals surface area contributed by atoms with Crippen molar-refractivity contribution in [3.63, 3.8) is 0 Å². The van der Waals surface area contributed by atoms with E-state index in [1.165, 1.54) is 12.1 Å². The van der Waals surface area contributed by atoms with E-state index in [0.29, 0.717) is 12.5 Å². The van der Waals surface area contributed by atoms with Gasteiger partial charge in [0.25, 0.3) is 0 Å². The Morgan fingerprint density at radius 3 is 2.94 bits per heavy atom. The third-order valence-electron chi connectivity index (χ3n) is 3.08. The maximum atomic E-state index is 13.4. The van der Waals surface area contributed by atoms with E-state index in [4.69, 9.17) is 10.00 Å². The molecule has 0 spiro atoms. The summed E-state index contributed by atoms with van der Waals surface area (Å²) in [7, 11) is 0. The molecule has 1 aliphatic rings. The van der Waals surface area contributed by atoms with Crippen LogP contribution >= 0.6 is 0 Å². The van der Waals surface area contributed by atoms with Crippen LogP contribution in [0.3, 0.4) is 0 Å². The number of ether oxygens (including phenoxy) is 1. The molecule has 0 radical (unpaired) electrons. The van der Waals surface area contributed by atoms with E-state index < -0.39 is 5.82 Å². The molecule has 1 saturated heterocycles. The van der Waals surface area contributed by atoms with Gasteiger partial charge in [-0.05, 0) is 30.0 Å². The minimum atomic E-state index is -0.493. The Labute approximate surface area is 100 Å². The third-order valence-corrected chi connectivity index (χ3v) is 3.08. The molecular formula is C13H15FN2O. The molecule has 0 saturated carbocycles. The molecule has 17 heavy (non-hydrogen) atoms. The number of benzene rings is 1. The Hall–Kier alpha value is -1.44. The Morgan fingerprint density at radius 1 is 1.59 bits per heavy atom. The van der Waals surface area contributed by atoms with Crippen LogP contribution in [0.1, 0.15) is 30.7 Å². The van der Waals surface area contributed by atoms with Gasteiger partial charge < -0.3 is 4.74 Å². The fraction of sp³-hybridized carbons (Fsp3) is 0.462. The zero-order chi connectivity index (χ0) is 12.3. The van der Waals surface area contributed by atoms with E-state index in [-0.39, 0.29) is 11.8 Å². The minimum absolute atomic E-state index is 0.0657. The highest BCUT2D eigenvalue weighted by molar-refractivity contribution is 5.34. The van der Waals surface area contributed by atoms with Gasteiger partial charge in [0.05, 0.1) is 12.2 Å². The monoisotopic (exact) mass is 234 g/mol. The first-order valence-electron chi connectivity index (χ1n) is 5.79. The largest absolute Gasteiger partial charge is 0.359 e. The highest BCUT2D eigenvalue weighted by Gasteiger charge is 2.21. The first-order valence-corrected chi connectivity index (χ1v) is 5.79. The van der Waals surface area contributed by atoms with Crippen molar-refractivity contribution in [3.8, 4) is 6.07 Å². The molecule has 1 aromatic carbocycles. The fourth-order valence-electron chi connectivity index (χ4n) is 1.89. The lowest BCUT2D eigenvalue weighted by Gasteiger charge is -2.30. The summed E-state index contributed by atoms with van der Waals surface area (Å²) in [5.74, 6) is 0.0301. The van der Waals surface area contributed by atoms with Crippen LogP contribution < -0.4 is 5.32 Å². The minimum Gasteiger partial charge on any atom is -0.359 e. The van der Waals surface area contributed by atoms with E-state index in [1.807, 2.05) is 0 Å². The van der Waals surface area contributed by atoms with E-state index in [1.54, 1.807) is 12.1 Å². The number of nitrogens with one attached hydrogen (secondary N) is 1. The summed E-state index contributed by atoms with van der Waals surface area (Å²) >= 11 is 0. The van der Waals surface area contributed by atoms with Gasteiger partial charge in [0.2, 0.25) is 0 Å². The molecule has 2 rings (SSSR count). The van der Waals surface area contributed by atoms with E-state index >= 15 is 0 Å². The van der Waals surface area contributed by atoms with Crippen LogP contribution in [0.4, 0.5) is 4.39 Å². The molecule has 0 aliphatic carbocycles. The predicted octanol–water partition coefficient (Wildman–Crippen LogP) is 2.34. The maximum Gasteiger partial charge on any atom is 0.141 e. The molecule has 1 N–H and O–H groups in total. The fourth-order valence-corrected chi connectivity index (χ4v) is 1.89. The molecule has 4 heteroatoms. The van der Waals surface area contributed by atoms with Gasteiger partial charge in [0.15, 0.2) is 0 Å². The first-order chi connectivity index (χ1) is 8.24. The summed E-state index contributed by atoms with van der Waals surface area (Å²) in [6, 6.07) is 6.38. The summed E-state index contributed by atoms with van der Waals surface area (Å²) in [6.07, 6.45) is 0.807. The lowest BCUT2D eigenvalue weighted by Crippen LogP contribution is -2.37. The van der Waals surface area contributed by atoms with Crippen molar-refractivity contribution >= 4 is 0 Å². The van der Waals surface area contributed by atoms with Gasteiger partial charge in [-0.15, -0.1) is 0 Å². The number of nitriles is 1. The highest BCUT2D eigenvalue weighted by Crippen LogP contribution is 2.22. The molecule has 0 amide bonds. The van der Waals surface area contributed by atoms with Gasteiger partial charge in [0.1, 0.15) is 18.1 Å². The predicted molar refractivity (Wildman–Crippen MR) is 61.6 cm³/mol. The molecule has 1 aliphatic heterocycles. The quantitative estimate of drug-likeness (QED) is 0.854. The smallest absolute Gasteiger partial charge is 0.141 e. The number of halogens is 1. The van der Waals surface area contributed by atoms with Crippen molar-refractivity contribution < 1.29 is 9.13 Å². The van der Waals surface area contributed by atoms with Crippen molar-refractivity contribution in [2.24, 2.45) is 5.92 Å². The lowest BCUT2D eigenvalue weighted by atomic mass is 10.0. The van der Waals surface area contributed by atoms with Crippen LogP contribution in [-0.2, 0) is 4.74 Å². The molecule has 1 fully saturated rings. The molecule has 2 atom stereocenters. The molecule has 2 unspecified atom stereocenters. The zero-order valence-electron chi connectivity index (χ0n) is 9.74. The maximum absolute atomic E-state index is 13.4. The van der Waals surface area contributed by atoms with Crippen LogP contribution in [0, 0.1) is 23.1 Å². The van der Waals surface area contributed by atoms with Crippen molar-refractivity contribution in [1.29, 1.82) is 5.26 Å². The van der Waals surface area contributed by atoms with Crippen molar-refractivity contribution in [2.45, 2.75) is 19.6 Å². The van der Waals surface area contributed by atoms with Gasteiger partial charge in [0, 0.05) is 6.54 Å². The second-order valence-corrected chi connectivity index (χ2v) is 4.25. The second kappa shape index (κ2) is 5.26. The molecule has 0 aromatic heterocycles. The number of rotatable bonds is 2. The molecule has 0 bridgehead atoms. The second-order valence-electron chi connectivity index (χ2n) is 4.25. The van der Waals surface area contributed by atoms with Gasteiger partial charge in [-0.3, -0.25) is 5.32 Å². The number of nitrogens with zero attached hydrogens (tertiary/aromatic N) is 1. The van der Waals surface area contributed by atoms with Crippen molar-refractivity contribution in [2.75, 3.05) is 13.2 Å². The molecule has 3 nitrogen and oxygen atoms in total. The standard InChI is InChI=1S/C13H15FN2O/c1-2-9-7-16-13(17-8-9)10-3-4-11(6-15)12(14)5-10/h3-5,9,13,16H,2,7-8H2,1H3. The van der Waals surface area contributed by atoms with Crippen LogP contribution in [0.5, 0.6) is 0 Å². The molecule has 90 valence electrons. The molecular weight excluding hydrogens is 219 g/mol. The van der Waals surface area contributed by atoms with Crippen LogP contribution in [0.2, 0.25) is 0 Å². The summed E-state index contributed by atoms with van der Waals surface area (Å²) < 4.78 is 19.1. The lowest BCUT2D eigenvalue weighted by molar-refractivity contribution is -0.0307. The number of hydrogen-bond donors (Lipinski definition) is 1. The Kier molecular flexibility index (Phi) is 3.72. The van der Waals surface area contributed by atoms with Crippen LogP contribution in [0.15, 0.2) is 18.2 Å². The first kappa shape index (κ1) is 12.0. The number of hydrogen-bond acceptors (Lipinski definition) is 3.